The Morgan fingerprint density at radius 3 is 2.57 bits per heavy atom. The molecule has 0 aliphatic carbocycles. The van der Waals surface area contributed by atoms with Gasteiger partial charge in [-0.2, -0.15) is 0 Å². The molecule has 0 N–H and O–H groups in total. The number of aryl methyl sites for hydroxylation is 1. The van der Waals surface area contributed by atoms with Crippen LogP contribution in [0.4, 0.5) is 5.69 Å². The third kappa shape index (κ3) is 3.70. The van der Waals surface area contributed by atoms with Crippen molar-refractivity contribution in [2.24, 2.45) is 0 Å². The highest BCUT2D eigenvalue weighted by molar-refractivity contribution is 7.99. The summed E-state index contributed by atoms with van der Waals surface area (Å²) in [7, 11) is 1.76. The minimum atomic E-state index is -0.0598. The van der Waals surface area contributed by atoms with Crippen LogP contribution >= 0.6 is 11.8 Å². The van der Waals surface area contributed by atoms with E-state index in [9.17, 15) is 9.59 Å². The van der Waals surface area contributed by atoms with Crippen molar-refractivity contribution in [3.8, 4) is 0 Å². The van der Waals surface area contributed by atoms with Crippen molar-refractivity contribution in [1.82, 2.24) is 19.2 Å². The van der Waals surface area contributed by atoms with Gasteiger partial charge < -0.3 is 4.90 Å². The standard InChI is InChI=1S/C22H23N5O2S/c1-3-4-14-26-20(29)17-12-8-9-13-18(17)27-21(26)23-24-22(27)30-15-19(28)25(2)16-10-6-5-7-11-16/h5-13H,3-4,14-15H2,1-2H3. The number of hydrogen-bond acceptors (Lipinski definition) is 5. The summed E-state index contributed by atoms with van der Waals surface area (Å²) < 4.78 is 3.56. The molecule has 2 heterocycles. The summed E-state index contributed by atoms with van der Waals surface area (Å²) in [5.41, 5.74) is 1.53. The van der Waals surface area contributed by atoms with E-state index in [-0.39, 0.29) is 17.2 Å². The van der Waals surface area contributed by atoms with Gasteiger partial charge in [-0.15, -0.1) is 10.2 Å². The van der Waals surface area contributed by atoms with E-state index in [1.54, 1.807) is 16.5 Å². The molecule has 0 bridgehead atoms. The summed E-state index contributed by atoms with van der Waals surface area (Å²) in [5.74, 6) is 0.694. The molecule has 2 aromatic carbocycles. The number of para-hydroxylation sites is 2. The number of carbonyl (C=O) groups is 1. The number of fused-ring (bicyclic) bond motifs is 3. The van der Waals surface area contributed by atoms with E-state index in [4.69, 9.17) is 0 Å². The highest BCUT2D eigenvalue weighted by Gasteiger charge is 2.18. The zero-order valence-electron chi connectivity index (χ0n) is 17.0. The average molecular weight is 422 g/mol. The maximum Gasteiger partial charge on any atom is 0.262 e. The predicted octanol–water partition coefficient (Wildman–Crippen LogP) is 3.60. The van der Waals surface area contributed by atoms with Crippen molar-refractivity contribution in [2.75, 3.05) is 17.7 Å². The summed E-state index contributed by atoms with van der Waals surface area (Å²) in [4.78, 5) is 27.3. The number of hydrogen-bond donors (Lipinski definition) is 0. The summed E-state index contributed by atoms with van der Waals surface area (Å²) in [6.45, 7) is 2.67. The van der Waals surface area contributed by atoms with Crippen LogP contribution in [0.25, 0.3) is 16.7 Å². The Balaban J connectivity index is 1.69. The normalized spacial score (nSPS) is 11.3. The second-order valence-electron chi connectivity index (χ2n) is 7.02. The van der Waals surface area contributed by atoms with E-state index >= 15 is 0 Å². The van der Waals surface area contributed by atoms with E-state index in [1.807, 2.05) is 59.0 Å². The second-order valence-corrected chi connectivity index (χ2v) is 7.96. The minimum absolute atomic E-state index is 0.0356. The molecule has 1 amide bonds. The van der Waals surface area contributed by atoms with Crippen LogP contribution in [0.15, 0.2) is 64.5 Å². The molecule has 154 valence electrons. The predicted molar refractivity (Wildman–Crippen MR) is 120 cm³/mol. The molecule has 0 aliphatic rings. The monoisotopic (exact) mass is 421 g/mol. The van der Waals surface area contributed by atoms with Crippen LogP contribution in [0.3, 0.4) is 0 Å². The molecule has 7 nitrogen and oxygen atoms in total. The van der Waals surface area contributed by atoms with Crippen LogP contribution in [-0.4, -0.2) is 37.9 Å². The molecule has 0 aliphatic heterocycles. The molecule has 0 spiro atoms. The Kier molecular flexibility index (Phi) is 5.85. The fourth-order valence-corrected chi connectivity index (χ4v) is 4.22. The summed E-state index contributed by atoms with van der Waals surface area (Å²) in [6, 6.07) is 17.0. The van der Waals surface area contributed by atoms with Crippen molar-refractivity contribution in [3.05, 3.63) is 65.0 Å². The molecule has 0 saturated heterocycles. The van der Waals surface area contributed by atoms with Gasteiger partial charge in [0.05, 0.1) is 16.7 Å². The Hall–Kier alpha value is -3.13. The number of nitrogens with zero attached hydrogens (tertiary/aromatic N) is 5. The number of amides is 1. The van der Waals surface area contributed by atoms with Gasteiger partial charge >= 0.3 is 0 Å². The van der Waals surface area contributed by atoms with Crippen molar-refractivity contribution < 1.29 is 4.79 Å². The number of carbonyl (C=O) groups excluding carboxylic acids is 1. The Morgan fingerprint density at radius 1 is 1.07 bits per heavy atom. The van der Waals surface area contributed by atoms with Gasteiger partial charge in [-0.05, 0) is 30.7 Å². The number of thioether (sulfide) groups is 1. The first-order valence-electron chi connectivity index (χ1n) is 9.93. The second kappa shape index (κ2) is 8.71. The fraction of sp³-hybridized carbons (Fsp3) is 0.273. The van der Waals surface area contributed by atoms with E-state index in [0.29, 0.717) is 22.9 Å². The highest BCUT2D eigenvalue weighted by Crippen LogP contribution is 2.23. The maximum absolute atomic E-state index is 13.0. The first kappa shape index (κ1) is 20.2. The van der Waals surface area contributed by atoms with Gasteiger partial charge in [0.2, 0.25) is 11.7 Å². The van der Waals surface area contributed by atoms with E-state index < -0.39 is 0 Å². The topological polar surface area (TPSA) is 72.5 Å². The lowest BCUT2D eigenvalue weighted by atomic mass is 10.2. The smallest absolute Gasteiger partial charge is 0.262 e. The van der Waals surface area contributed by atoms with Crippen LogP contribution in [0.5, 0.6) is 0 Å². The van der Waals surface area contributed by atoms with Crippen molar-refractivity contribution in [3.63, 3.8) is 0 Å². The Bertz CT molecular complexity index is 1250. The van der Waals surface area contributed by atoms with Crippen LogP contribution in [0.2, 0.25) is 0 Å². The number of rotatable bonds is 7. The lowest BCUT2D eigenvalue weighted by Gasteiger charge is -2.16. The van der Waals surface area contributed by atoms with Crippen molar-refractivity contribution >= 4 is 40.0 Å². The molecule has 0 saturated carbocycles. The van der Waals surface area contributed by atoms with Crippen molar-refractivity contribution in [2.45, 2.75) is 31.5 Å². The maximum atomic E-state index is 13.0. The third-order valence-corrected chi connectivity index (χ3v) is 5.97. The van der Waals surface area contributed by atoms with Gasteiger partial charge in [-0.25, -0.2) is 0 Å². The SMILES string of the molecule is CCCCn1c(=O)c2ccccc2n2c(SCC(=O)N(C)c3ccccc3)nnc12. The van der Waals surface area contributed by atoms with Crippen LogP contribution in [0, 0.1) is 0 Å². The van der Waals surface area contributed by atoms with Gasteiger partial charge in [-0.1, -0.05) is 55.4 Å². The van der Waals surface area contributed by atoms with E-state index in [1.165, 1.54) is 11.8 Å². The van der Waals surface area contributed by atoms with Gasteiger partial charge in [0.25, 0.3) is 5.56 Å². The average Bonchev–Trinajstić information content (AvgIpc) is 3.21. The zero-order valence-corrected chi connectivity index (χ0v) is 17.8. The number of aromatic nitrogens is 4. The van der Waals surface area contributed by atoms with Gasteiger partial charge in [0, 0.05) is 19.3 Å². The van der Waals surface area contributed by atoms with Gasteiger partial charge in [0.15, 0.2) is 5.16 Å². The fourth-order valence-electron chi connectivity index (χ4n) is 3.36. The molecule has 0 atom stereocenters. The highest BCUT2D eigenvalue weighted by atomic mass is 32.2. The first-order valence-corrected chi connectivity index (χ1v) is 10.9. The summed E-state index contributed by atoms with van der Waals surface area (Å²) in [6.07, 6.45) is 1.85. The molecule has 0 fully saturated rings. The molecule has 0 unspecified atom stereocenters. The molecule has 4 aromatic rings. The molecule has 0 radical (unpaired) electrons. The van der Waals surface area contributed by atoms with Crippen LogP contribution in [-0.2, 0) is 11.3 Å². The first-order chi connectivity index (χ1) is 14.6. The Morgan fingerprint density at radius 2 is 1.80 bits per heavy atom. The summed E-state index contributed by atoms with van der Waals surface area (Å²) in [5, 5.41) is 9.82. The number of benzene rings is 2. The number of unbranched alkanes of at least 4 members (excludes halogenated alkanes) is 1. The molecular formula is C22H23N5O2S. The molecule has 30 heavy (non-hydrogen) atoms. The summed E-state index contributed by atoms with van der Waals surface area (Å²) >= 11 is 1.32. The van der Waals surface area contributed by atoms with Gasteiger partial charge in [0.1, 0.15) is 0 Å². The molecule has 8 heteroatoms. The van der Waals surface area contributed by atoms with Crippen LogP contribution < -0.4 is 10.5 Å². The lowest BCUT2D eigenvalue weighted by molar-refractivity contribution is -0.115. The van der Waals surface area contributed by atoms with E-state index in [2.05, 4.69) is 17.1 Å². The number of anilines is 1. The quantitative estimate of drug-likeness (QED) is 0.426. The van der Waals surface area contributed by atoms with Crippen molar-refractivity contribution in [1.29, 1.82) is 0 Å². The zero-order chi connectivity index (χ0) is 21.1. The van der Waals surface area contributed by atoms with Gasteiger partial charge in [-0.3, -0.25) is 18.6 Å². The minimum Gasteiger partial charge on any atom is -0.315 e. The van der Waals surface area contributed by atoms with E-state index in [0.717, 1.165) is 24.0 Å². The molecular weight excluding hydrogens is 398 g/mol. The largest absolute Gasteiger partial charge is 0.315 e. The van der Waals surface area contributed by atoms with Crippen LogP contribution in [0.1, 0.15) is 19.8 Å². The molecule has 2 aromatic heterocycles. The third-order valence-electron chi connectivity index (χ3n) is 5.06. The lowest BCUT2D eigenvalue weighted by Crippen LogP contribution is -2.28. The Labute approximate surface area is 178 Å². The molecule has 4 rings (SSSR count).